The van der Waals surface area contributed by atoms with E-state index < -0.39 is 23.7 Å². The molecule has 1 amide bonds. The fraction of sp³-hybridized carbons (Fsp3) is 0.207. The van der Waals surface area contributed by atoms with Crippen LogP contribution in [0.15, 0.2) is 78.4 Å². The maximum absolute atomic E-state index is 13.3. The van der Waals surface area contributed by atoms with E-state index in [2.05, 4.69) is 0 Å². The van der Waals surface area contributed by atoms with Gasteiger partial charge in [-0.3, -0.25) is 14.5 Å². The molecule has 0 aromatic heterocycles. The molecule has 0 saturated carbocycles. The van der Waals surface area contributed by atoms with Gasteiger partial charge in [-0.25, -0.2) is 4.79 Å². The van der Waals surface area contributed by atoms with Gasteiger partial charge < -0.3 is 19.7 Å². The highest BCUT2D eigenvalue weighted by atomic mass is 16.5. The van der Waals surface area contributed by atoms with Crippen LogP contribution in [0.25, 0.3) is 5.76 Å². The number of nitrogens with zero attached hydrogens (tertiary/aromatic N) is 1. The van der Waals surface area contributed by atoms with Crippen LogP contribution in [0.4, 0.5) is 5.69 Å². The minimum atomic E-state index is -0.972. The van der Waals surface area contributed by atoms with Crippen molar-refractivity contribution in [2.45, 2.75) is 32.9 Å². The molecule has 2 N–H and O–H groups in total. The molecule has 4 rings (SSSR count). The van der Waals surface area contributed by atoms with Crippen LogP contribution in [0, 0.1) is 0 Å². The number of ether oxygens (including phenoxy) is 2. The van der Waals surface area contributed by atoms with Gasteiger partial charge in [0, 0.05) is 11.3 Å². The lowest BCUT2D eigenvalue weighted by atomic mass is 9.95. The molecule has 8 nitrogen and oxygen atoms in total. The molecule has 1 atom stereocenters. The minimum Gasteiger partial charge on any atom is -0.508 e. The van der Waals surface area contributed by atoms with Gasteiger partial charge in [-0.1, -0.05) is 12.1 Å². The third-order valence-electron chi connectivity index (χ3n) is 5.81. The summed E-state index contributed by atoms with van der Waals surface area (Å²) in [5.74, 6) is -1.91. The SMILES string of the molecule is CCOC(=O)c1ccc(N2C(=O)C(=O)/C(=C(/O)c3ccc(OC(C)C)cc3)C2c2ccc(O)cc2)cc1. The first-order valence-electron chi connectivity index (χ1n) is 11.9. The lowest BCUT2D eigenvalue weighted by molar-refractivity contribution is -0.132. The van der Waals surface area contributed by atoms with Crippen molar-refractivity contribution in [1.82, 2.24) is 0 Å². The molecule has 1 heterocycles. The summed E-state index contributed by atoms with van der Waals surface area (Å²) in [6, 6.07) is 17.8. The second-order valence-electron chi connectivity index (χ2n) is 8.72. The van der Waals surface area contributed by atoms with E-state index in [-0.39, 0.29) is 29.8 Å². The van der Waals surface area contributed by atoms with Gasteiger partial charge in [0.2, 0.25) is 0 Å². The number of amides is 1. The van der Waals surface area contributed by atoms with Crippen LogP contribution in [0.5, 0.6) is 11.5 Å². The van der Waals surface area contributed by atoms with Crippen LogP contribution in [-0.2, 0) is 14.3 Å². The van der Waals surface area contributed by atoms with Crippen LogP contribution in [0.1, 0.15) is 48.3 Å². The predicted octanol–water partition coefficient (Wildman–Crippen LogP) is 4.98. The van der Waals surface area contributed by atoms with Crippen molar-refractivity contribution in [3.8, 4) is 11.5 Å². The molecule has 1 aliphatic heterocycles. The van der Waals surface area contributed by atoms with E-state index in [0.29, 0.717) is 28.1 Å². The minimum absolute atomic E-state index is 0.0141. The van der Waals surface area contributed by atoms with E-state index in [1.54, 1.807) is 55.5 Å². The molecule has 1 fully saturated rings. The number of rotatable bonds is 7. The zero-order chi connectivity index (χ0) is 26.7. The van der Waals surface area contributed by atoms with Crippen LogP contribution < -0.4 is 9.64 Å². The summed E-state index contributed by atoms with van der Waals surface area (Å²) in [6.07, 6.45) is -0.0329. The number of ketones is 1. The number of carbonyl (C=O) groups is 3. The summed E-state index contributed by atoms with van der Waals surface area (Å²) in [7, 11) is 0. The topological polar surface area (TPSA) is 113 Å². The van der Waals surface area contributed by atoms with E-state index in [9.17, 15) is 24.6 Å². The van der Waals surface area contributed by atoms with Crippen LogP contribution >= 0.6 is 0 Å². The highest BCUT2D eigenvalue weighted by Gasteiger charge is 2.47. The van der Waals surface area contributed by atoms with Crippen molar-refractivity contribution in [3.05, 3.63) is 95.1 Å². The molecule has 8 heteroatoms. The van der Waals surface area contributed by atoms with E-state index in [0.717, 1.165) is 0 Å². The zero-order valence-electron chi connectivity index (χ0n) is 20.7. The lowest BCUT2D eigenvalue weighted by Gasteiger charge is -2.25. The Balaban J connectivity index is 1.81. The molecule has 3 aromatic carbocycles. The van der Waals surface area contributed by atoms with E-state index in [1.165, 1.54) is 29.2 Å². The Morgan fingerprint density at radius 3 is 2.08 bits per heavy atom. The fourth-order valence-corrected chi connectivity index (χ4v) is 4.16. The maximum Gasteiger partial charge on any atom is 0.338 e. The molecule has 190 valence electrons. The molecular weight excluding hydrogens is 474 g/mol. The first-order chi connectivity index (χ1) is 17.7. The number of Topliss-reactive ketones (excluding diaryl/α,β-unsaturated/α-hetero) is 1. The summed E-state index contributed by atoms with van der Waals surface area (Å²) < 4.78 is 10.7. The average molecular weight is 502 g/mol. The molecule has 3 aromatic rings. The summed E-state index contributed by atoms with van der Waals surface area (Å²) in [6.45, 7) is 5.72. The molecule has 0 spiro atoms. The number of aromatic hydroxyl groups is 1. The molecule has 37 heavy (non-hydrogen) atoms. The monoisotopic (exact) mass is 501 g/mol. The standard InChI is InChI=1S/C29H27NO7/c1-4-36-29(35)20-5-11-21(12-6-20)30-25(18-7-13-22(31)14-8-18)24(27(33)28(30)34)26(32)19-9-15-23(16-10-19)37-17(2)3/h5-17,25,31-32H,4H2,1-3H3/b26-24+. The molecule has 1 unspecified atom stereocenters. The first kappa shape index (κ1) is 25.5. The van der Waals surface area contributed by atoms with E-state index in [4.69, 9.17) is 9.47 Å². The fourth-order valence-electron chi connectivity index (χ4n) is 4.16. The largest absolute Gasteiger partial charge is 0.508 e. The van der Waals surface area contributed by atoms with E-state index in [1.807, 2.05) is 13.8 Å². The summed E-state index contributed by atoms with van der Waals surface area (Å²) in [5.41, 5.74) is 1.41. The third kappa shape index (κ3) is 5.18. The van der Waals surface area contributed by atoms with Gasteiger partial charge in [0.1, 0.15) is 17.3 Å². The Kier molecular flexibility index (Phi) is 7.29. The Labute approximate surface area is 214 Å². The van der Waals surface area contributed by atoms with Gasteiger partial charge in [0.05, 0.1) is 29.9 Å². The predicted molar refractivity (Wildman–Crippen MR) is 137 cm³/mol. The van der Waals surface area contributed by atoms with Crippen molar-refractivity contribution in [1.29, 1.82) is 0 Å². The Morgan fingerprint density at radius 2 is 1.51 bits per heavy atom. The number of aliphatic hydroxyl groups is 1. The quantitative estimate of drug-likeness (QED) is 0.203. The maximum atomic E-state index is 13.3. The van der Waals surface area contributed by atoms with Crippen molar-refractivity contribution >= 4 is 29.1 Å². The van der Waals surface area contributed by atoms with Crippen molar-refractivity contribution < 1.29 is 34.1 Å². The number of carbonyl (C=O) groups excluding carboxylic acids is 3. The van der Waals surface area contributed by atoms with Crippen LogP contribution in [-0.4, -0.2) is 40.6 Å². The summed E-state index contributed by atoms with van der Waals surface area (Å²) in [4.78, 5) is 39.9. The number of aliphatic hydroxyl groups excluding tert-OH is 1. The van der Waals surface area contributed by atoms with Crippen molar-refractivity contribution in [3.63, 3.8) is 0 Å². The van der Waals surface area contributed by atoms with Gasteiger partial charge in [-0.15, -0.1) is 0 Å². The normalized spacial score (nSPS) is 16.8. The Morgan fingerprint density at radius 1 is 0.919 bits per heavy atom. The van der Waals surface area contributed by atoms with Crippen LogP contribution in [0.3, 0.4) is 0 Å². The van der Waals surface area contributed by atoms with Crippen molar-refractivity contribution in [2.24, 2.45) is 0 Å². The molecule has 0 radical (unpaired) electrons. The molecule has 1 saturated heterocycles. The van der Waals surface area contributed by atoms with Gasteiger partial charge in [0.15, 0.2) is 0 Å². The van der Waals surface area contributed by atoms with Gasteiger partial charge in [0.25, 0.3) is 11.7 Å². The molecule has 0 bridgehead atoms. The molecule has 1 aliphatic rings. The second kappa shape index (κ2) is 10.6. The highest BCUT2D eigenvalue weighted by molar-refractivity contribution is 6.51. The Hall–Kier alpha value is -4.59. The number of esters is 1. The van der Waals surface area contributed by atoms with Gasteiger partial charge in [-0.2, -0.15) is 0 Å². The number of anilines is 1. The van der Waals surface area contributed by atoms with E-state index >= 15 is 0 Å². The second-order valence-corrected chi connectivity index (χ2v) is 8.72. The van der Waals surface area contributed by atoms with Crippen molar-refractivity contribution in [2.75, 3.05) is 11.5 Å². The first-order valence-corrected chi connectivity index (χ1v) is 11.9. The molecule has 0 aliphatic carbocycles. The Bertz CT molecular complexity index is 1340. The lowest BCUT2D eigenvalue weighted by Crippen LogP contribution is -2.29. The third-order valence-corrected chi connectivity index (χ3v) is 5.81. The number of hydrogen-bond acceptors (Lipinski definition) is 7. The number of benzene rings is 3. The number of phenols is 1. The van der Waals surface area contributed by atoms with Gasteiger partial charge >= 0.3 is 5.97 Å². The highest BCUT2D eigenvalue weighted by Crippen LogP contribution is 2.42. The summed E-state index contributed by atoms with van der Waals surface area (Å²) in [5, 5.41) is 21.0. The summed E-state index contributed by atoms with van der Waals surface area (Å²) >= 11 is 0. The zero-order valence-corrected chi connectivity index (χ0v) is 20.7. The molecular formula is C29H27NO7. The number of phenolic OH excluding ortho intramolecular Hbond substituents is 1. The average Bonchev–Trinajstić information content (AvgIpc) is 3.14. The number of hydrogen-bond donors (Lipinski definition) is 2. The van der Waals surface area contributed by atoms with Gasteiger partial charge in [-0.05, 0) is 87.0 Å². The van der Waals surface area contributed by atoms with Crippen LogP contribution in [0.2, 0.25) is 0 Å². The smallest absolute Gasteiger partial charge is 0.338 e.